The van der Waals surface area contributed by atoms with Crippen molar-refractivity contribution in [3.05, 3.63) is 86.4 Å². The van der Waals surface area contributed by atoms with Crippen molar-refractivity contribution in [1.29, 1.82) is 0 Å². The van der Waals surface area contributed by atoms with E-state index < -0.39 is 29.2 Å². The third-order valence-electron chi connectivity index (χ3n) is 5.29. The Hall–Kier alpha value is -3.82. The van der Waals surface area contributed by atoms with Crippen molar-refractivity contribution in [3.8, 4) is 11.5 Å². The van der Waals surface area contributed by atoms with E-state index in [0.29, 0.717) is 29.7 Å². The Bertz CT molecular complexity index is 1420. The van der Waals surface area contributed by atoms with Crippen LogP contribution in [0.3, 0.4) is 0 Å². The second kappa shape index (κ2) is 6.86. The number of hydrogen-bond donors (Lipinski definition) is 1. The number of aromatic amines is 1. The van der Waals surface area contributed by atoms with Gasteiger partial charge in [-0.1, -0.05) is 6.07 Å². The van der Waals surface area contributed by atoms with E-state index in [-0.39, 0.29) is 5.52 Å². The number of nitrogens with zero attached hydrogens (tertiary/aromatic N) is 2. The minimum absolute atomic E-state index is 0.176. The molecule has 0 fully saturated rings. The summed E-state index contributed by atoms with van der Waals surface area (Å²) in [7, 11) is 0. The number of aromatic nitrogens is 3. The maximum Gasteiger partial charge on any atom is 0.440 e. The van der Waals surface area contributed by atoms with Crippen LogP contribution in [-0.4, -0.2) is 14.7 Å². The van der Waals surface area contributed by atoms with Gasteiger partial charge in [-0.3, -0.25) is 4.98 Å². The Morgan fingerprint density at radius 1 is 1.13 bits per heavy atom. The third kappa shape index (κ3) is 3.39. The minimum atomic E-state index is -4.45. The van der Waals surface area contributed by atoms with Gasteiger partial charge in [-0.25, -0.2) is 14.6 Å². The molecule has 31 heavy (non-hydrogen) atoms. The number of nitrogens with one attached hydrogen (secondary N) is 1. The van der Waals surface area contributed by atoms with E-state index in [9.17, 15) is 22.8 Å². The first-order valence-corrected chi connectivity index (χ1v) is 9.38. The zero-order chi connectivity index (χ0) is 21.8. The summed E-state index contributed by atoms with van der Waals surface area (Å²) < 4.78 is 50.8. The molecule has 1 atom stereocenters. The van der Waals surface area contributed by atoms with Gasteiger partial charge in [0.2, 0.25) is 0 Å². The normalized spacial score (nSPS) is 15.9. The Balaban J connectivity index is 1.47. The molecule has 1 aliphatic carbocycles. The van der Waals surface area contributed by atoms with Gasteiger partial charge in [0.1, 0.15) is 11.5 Å². The predicted octanol–water partition coefficient (Wildman–Crippen LogP) is 4.02. The molecule has 5 rings (SSSR count). The largest absolute Gasteiger partial charge is 0.457 e. The zero-order valence-corrected chi connectivity index (χ0v) is 15.8. The Labute approximate surface area is 171 Å². The van der Waals surface area contributed by atoms with Gasteiger partial charge < -0.3 is 9.26 Å². The second-order valence-electron chi connectivity index (χ2n) is 7.19. The molecule has 2 aromatic heterocycles. The van der Waals surface area contributed by atoms with Gasteiger partial charge in [0.05, 0.1) is 17.1 Å². The lowest BCUT2D eigenvalue weighted by Gasteiger charge is -2.13. The van der Waals surface area contributed by atoms with Gasteiger partial charge in [0.15, 0.2) is 0 Å². The molecule has 4 aromatic rings. The molecule has 0 saturated carbocycles. The number of pyridine rings is 1. The van der Waals surface area contributed by atoms with Crippen LogP contribution in [0.1, 0.15) is 29.2 Å². The fourth-order valence-electron chi connectivity index (χ4n) is 3.89. The third-order valence-corrected chi connectivity index (χ3v) is 5.29. The van der Waals surface area contributed by atoms with Crippen LogP contribution < -0.4 is 16.2 Å². The van der Waals surface area contributed by atoms with E-state index in [2.05, 4.69) is 9.97 Å². The summed E-state index contributed by atoms with van der Waals surface area (Å²) in [6.45, 7) is 0. The molecule has 0 spiro atoms. The number of H-pyrrole nitrogens is 1. The molecule has 0 radical (unpaired) electrons. The smallest absolute Gasteiger partial charge is 0.440 e. The van der Waals surface area contributed by atoms with Crippen molar-refractivity contribution in [2.75, 3.05) is 0 Å². The molecule has 158 valence electrons. The highest BCUT2D eigenvalue weighted by Gasteiger charge is 2.31. The van der Waals surface area contributed by atoms with Crippen molar-refractivity contribution >= 4 is 10.9 Å². The van der Waals surface area contributed by atoms with E-state index >= 15 is 0 Å². The summed E-state index contributed by atoms with van der Waals surface area (Å²) in [5.41, 5.74) is 0.558. The molecule has 1 N–H and O–H groups in total. The number of hydrogen-bond acceptors (Lipinski definition) is 5. The van der Waals surface area contributed by atoms with E-state index in [1.54, 1.807) is 18.2 Å². The molecule has 0 bridgehead atoms. The van der Waals surface area contributed by atoms with Crippen LogP contribution in [0.2, 0.25) is 0 Å². The van der Waals surface area contributed by atoms with Gasteiger partial charge in [-0.15, -0.1) is 4.74 Å². The Kier molecular flexibility index (Phi) is 4.24. The topological polar surface area (TPSA) is 90.1 Å². The SMILES string of the molecule is O=c1[nH]c(=O)n([C@@H]2CCc3cc(Oc4ccnc5cc(C(F)(F)F)ccc45)ccc32)o1. The van der Waals surface area contributed by atoms with Gasteiger partial charge in [-0.2, -0.15) is 13.2 Å². The van der Waals surface area contributed by atoms with Crippen LogP contribution in [-0.2, 0) is 12.6 Å². The summed E-state index contributed by atoms with van der Waals surface area (Å²) in [5.74, 6) is 0.0624. The summed E-state index contributed by atoms with van der Waals surface area (Å²) in [6, 6.07) is 9.80. The standard InChI is InChI=1S/C21H14F3N3O4/c22-21(23,24)12-2-4-15-16(10-12)25-8-7-18(15)30-13-3-5-14-11(9-13)1-6-17(14)27-19(28)26-20(29)31-27/h2-5,7-10,17H,1,6H2,(H,26,28,29)/t17-/m1/s1. The van der Waals surface area contributed by atoms with Gasteiger partial charge in [-0.05, 0) is 60.4 Å². The molecule has 0 amide bonds. The highest BCUT2D eigenvalue weighted by Crippen LogP contribution is 2.38. The molecule has 0 saturated heterocycles. The summed E-state index contributed by atoms with van der Waals surface area (Å²) in [5, 5.41) is 0.453. The van der Waals surface area contributed by atoms with Crippen LogP contribution in [0, 0.1) is 0 Å². The summed E-state index contributed by atoms with van der Waals surface area (Å²) >= 11 is 0. The van der Waals surface area contributed by atoms with Crippen molar-refractivity contribution in [3.63, 3.8) is 0 Å². The average Bonchev–Trinajstić information content (AvgIpc) is 3.28. The molecular weight excluding hydrogens is 415 g/mol. The average molecular weight is 429 g/mol. The number of halogens is 3. The van der Waals surface area contributed by atoms with Gasteiger partial charge >= 0.3 is 17.6 Å². The van der Waals surface area contributed by atoms with Crippen LogP contribution in [0.5, 0.6) is 11.5 Å². The van der Waals surface area contributed by atoms with Gasteiger partial charge in [0.25, 0.3) is 0 Å². The lowest BCUT2D eigenvalue weighted by atomic mass is 10.1. The molecule has 2 aromatic carbocycles. The quantitative estimate of drug-likeness (QED) is 0.531. The van der Waals surface area contributed by atoms with Crippen LogP contribution in [0.4, 0.5) is 13.2 Å². The first-order chi connectivity index (χ1) is 14.8. The molecule has 0 unspecified atom stereocenters. The molecule has 7 nitrogen and oxygen atoms in total. The van der Waals surface area contributed by atoms with Crippen LogP contribution in [0.15, 0.2) is 62.8 Å². The minimum Gasteiger partial charge on any atom is -0.457 e. The molecule has 1 aliphatic rings. The van der Waals surface area contributed by atoms with Crippen LogP contribution >= 0.6 is 0 Å². The van der Waals surface area contributed by atoms with E-state index in [1.807, 2.05) is 6.07 Å². The van der Waals surface area contributed by atoms with E-state index in [0.717, 1.165) is 28.0 Å². The number of ether oxygens (including phenoxy) is 1. The highest BCUT2D eigenvalue weighted by atomic mass is 19.4. The second-order valence-corrected chi connectivity index (χ2v) is 7.19. The monoisotopic (exact) mass is 429 g/mol. The summed E-state index contributed by atoms with van der Waals surface area (Å²) in [4.78, 5) is 29.2. The fourth-order valence-corrected chi connectivity index (χ4v) is 3.89. The van der Waals surface area contributed by atoms with Crippen molar-refractivity contribution in [2.24, 2.45) is 0 Å². The highest BCUT2D eigenvalue weighted by molar-refractivity contribution is 5.85. The van der Waals surface area contributed by atoms with Crippen molar-refractivity contribution in [1.82, 2.24) is 14.7 Å². The summed E-state index contributed by atoms with van der Waals surface area (Å²) in [6.07, 6.45) is -1.84. The molecular formula is C21H14F3N3O4. The van der Waals surface area contributed by atoms with Crippen molar-refractivity contribution in [2.45, 2.75) is 25.1 Å². The first-order valence-electron chi connectivity index (χ1n) is 9.38. The van der Waals surface area contributed by atoms with E-state index in [4.69, 9.17) is 9.26 Å². The maximum absolute atomic E-state index is 13.0. The Morgan fingerprint density at radius 2 is 1.97 bits per heavy atom. The van der Waals surface area contributed by atoms with Gasteiger partial charge in [0, 0.05) is 11.6 Å². The van der Waals surface area contributed by atoms with E-state index in [1.165, 1.54) is 12.3 Å². The first kappa shape index (κ1) is 19.2. The van der Waals surface area contributed by atoms with Crippen LogP contribution in [0.25, 0.3) is 10.9 Å². The fraction of sp³-hybridized carbons (Fsp3) is 0.190. The lowest BCUT2D eigenvalue weighted by Crippen LogP contribution is -2.21. The number of fused-ring (bicyclic) bond motifs is 2. The van der Waals surface area contributed by atoms with Crippen molar-refractivity contribution < 1.29 is 22.4 Å². The molecule has 0 aliphatic heterocycles. The predicted molar refractivity (Wildman–Crippen MR) is 103 cm³/mol. The Morgan fingerprint density at radius 3 is 2.71 bits per heavy atom. The molecule has 10 heteroatoms. The number of rotatable bonds is 3. The number of alkyl halides is 3. The number of benzene rings is 2. The zero-order valence-electron chi connectivity index (χ0n) is 15.8. The lowest BCUT2D eigenvalue weighted by molar-refractivity contribution is -0.137. The maximum atomic E-state index is 13.0. The number of aryl methyl sites for hydroxylation is 1. The molecule has 2 heterocycles.